The zero-order valence-corrected chi connectivity index (χ0v) is 13.1. The first-order valence-electron chi connectivity index (χ1n) is 7.11. The van der Waals surface area contributed by atoms with Gasteiger partial charge >= 0.3 is 5.97 Å². The summed E-state index contributed by atoms with van der Waals surface area (Å²) in [4.78, 5) is 24.0. The normalized spacial score (nSPS) is 12.8. The minimum absolute atomic E-state index is 0.00281. The molecule has 1 rings (SSSR count). The van der Waals surface area contributed by atoms with Crippen LogP contribution in [0.5, 0.6) is 0 Å². The molecule has 0 aliphatic carbocycles. The molecule has 0 saturated heterocycles. The number of rotatable bonds is 7. The van der Waals surface area contributed by atoms with Crippen LogP contribution < -0.4 is 5.32 Å². The summed E-state index contributed by atoms with van der Waals surface area (Å²) in [6, 6.07) is 8.46. The third-order valence-corrected chi connectivity index (χ3v) is 3.06. The van der Waals surface area contributed by atoms with Crippen molar-refractivity contribution in [2.45, 2.75) is 32.7 Å². The third kappa shape index (κ3) is 5.55. The Kier molecular flexibility index (Phi) is 7.08. The van der Waals surface area contributed by atoms with Crippen LogP contribution in [0.1, 0.15) is 25.8 Å². The lowest BCUT2D eigenvalue weighted by Crippen LogP contribution is -2.46. The predicted molar refractivity (Wildman–Crippen MR) is 82.8 cm³/mol. The quantitative estimate of drug-likeness (QED) is 0.348. The molecule has 0 saturated carbocycles. The maximum absolute atomic E-state index is 12.1. The zero-order chi connectivity index (χ0) is 16.5. The monoisotopic (exact) mass is 306 g/mol. The highest BCUT2D eigenvalue weighted by molar-refractivity contribution is 6.39. The zero-order valence-electron chi connectivity index (χ0n) is 13.1. The lowest BCUT2D eigenvalue weighted by atomic mass is 10.0. The second kappa shape index (κ2) is 8.81. The molecule has 6 heteroatoms. The summed E-state index contributed by atoms with van der Waals surface area (Å²) in [5.74, 6) is -0.955. The fourth-order valence-electron chi connectivity index (χ4n) is 1.99. The first-order valence-corrected chi connectivity index (χ1v) is 7.11. The van der Waals surface area contributed by atoms with E-state index in [1.807, 2.05) is 44.2 Å². The summed E-state index contributed by atoms with van der Waals surface area (Å²) < 4.78 is 4.72. The van der Waals surface area contributed by atoms with Gasteiger partial charge in [0.05, 0.1) is 7.11 Å². The molecule has 0 fully saturated rings. The Morgan fingerprint density at radius 2 is 1.91 bits per heavy atom. The first-order chi connectivity index (χ1) is 10.5. The number of esters is 1. The molecule has 0 heterocycles. The van der Waals surface area contributed by atoms with Crippen LogP contribution >= 0.6 is 0 Å². The Hall–Kier alpha value is -2.37. The number of oxime groups is 1. The molecule has 0 spiro atoms. The van der Waals surface area contributed by atoms with Crippen LogP contribution in [-0.2, 0) is 20.7 Å². The Balaban J connectivity index is 2.81. The first kappa shape index (κ1) is 17.7. The highest BCUT2D eigenvalue weighted by atomic mass is 16.5. The number of hydrogen-bond acceptors (Lipinski definition) is 5. The molecule has 6 nitrogen and oxygen atoms in total. The topological polar surface area (TPSA) is 88.0 Å². The summed E-state index contributed by atoms with van der Waals surface area (Å²) in [5, 5.41) is 14.5. The number of nitrogens with one attached hydrogen (secondary N) is 1. The summed E-state index contributed by atoms with van der Waals surface area (Å²) in [5.41, 5.74) is 0.890. The molecule has 1 amide bonds. The van der Waals surface area contributed by atoms with E-state index in [9.17, 15) is 9.59 Å². The molecular formula is C16H22N2O4. The van der Waals surface area contributed by atoms with Gasteiger partial charge in [0.15, 0.2) is 0 Å². The summed E-state index contributed by atoms with van der Waals surface area (Å²) in [7, 11) is 1.27. The van der Waals surface area contributed by atoms with Crippen molar-refractivity contribution in [3.63, 3.8) is 0 Å². The van der Waals surface area contributed by atoms with Crippen LogP contribution in [0.25, 0.3) is 0 Å². The molecule has 0 aliphatic rings. The Morgan fingerprint density at radius 3 is 2.41 bits per heavy atom. The van der Waals surface area contributed by atoms with Gasteiger partial charge in [-0.3, -0.25) is 4.79 Å². The lowest BCUT2D eigenvalue weighted by molar-refractivity contribution is -0.144. The van der Waals surface area contributed by atoms with E-state index in [1.54, 1.807) is 0 Å². The molecule has 1 aromatic carbocycles. The van der Waals surface area contributed by atoms with E-state index >= 15 is 0 Å². The van der Waals surface area contributed by atoms with Crippen molar-refractivity contribution in [2.24, 2.45) is 11.1 Å². The molecule has 0 aliphatic heterocycles. The second-order valence-corrected chi connectivity index (χ2v) is 5.38. The highest BCUT2D eigenvalue weighted by Crippen LogP contribution is 2.06. The Morgan fingerprint density at radius 1 is 1.27 bits per heavy atom. The van der Waals surface area contributed by atoms with E-state index in [4.69, 9.17) is 9.94 Å². The second-order valence-electron chi connectivity index (χ2n) is 5.38. The van der Waals surface area contributed by atoms with Crippen molar-refractivity contribution in [2.75, 3.05) is 7.11 Å². The fourth-order valence-corrected chi connectivity index (χ4v) is 1.99. The van der Waals surface area contributed by atoms with Gasteiger partial charge in [-0.05, 0) is 11.5 Å². The van der Waals surface area contributed by atoms with Crippen molar-refractivity contribution >= 4 is 17.6 Å². The van der Waals surface area contributed by atoms with Crippen molar-refractivity contribution in [1.29, 1.82) is 0 Å². The van der Waals surface area contributed by atoms with Crippen LogP contribution in [-0.4, -0.2) is 35.9 Å². The van der Waals surface area contributed by atoms with Gasteiger partial charge in [0.2, 0.25) is 0 Å². The maximum Gasteiger partial charge on any atom is 0.328 e. The average molecular weight is 306 g/mol. The molecule has 2 N–H and O–H groups in total. The molecule has 22 heavy (non-hydrogen) atoms. The van der Waals surface area contributed by atoms with Crippen LogP contribution in [0.2, 0.25) is 0 Å². The number of ether oxygens (including phenoxy) is 1. The van der Waals surface area contributed by atoms with Crippen molar-refractivity contribution in [1.82, 2.24) is 5.32 Å². The van der Waals surface area contributed by atoms with E-state index in [2.05, 4.69) is 10.5 Å². The SMILES string of the molecule is COC(=O)[C@H](Cc1ccccc1)NC(=O)/C(CC(C)C)=N\O. The lowest BCUT2D eigenvalue weighted by Gasteiger charge is -2.17. The number of amides is 1. The molecule has 120 valence electrons. The van der Waals surface area contributed by atoms with Gasteiger partial charge in [-0.2, -0.15) is 0 Å². The standard InChI is InChI=1S/C16H22N2O4/c1-11(2)9-13(18-21)15(19)17-14(16(20)22-3)10-12-7-5-4-6-8-12/h4-8,11,14,21H,9-10H2,1-3H3,(H,17,19)/b18-13-/t14-/m0/s1. The molecule has 0 aromatic heterocycles. The van der Waals surface area contributed by atoms with Crippen LogP contribution in [0.15, 0.2) is 35.5 Å². The number of carbonyl (C=O) groups is 2. The molecular weight excluding hydrogens is 284 g/mol. The fraction of sp³-hybridized carbons (Fsp3) is 0.438. The Bertz CT molecular complexity index is 526. The van der Waals surface area contributed by atoms with Crippen molar-refractivity contribution in [3.8, 4) is 0 Å². The number of nitrogens with zero attached hydrogens (tertiary/aromatic N) is 1. The van der Waals surface area contributed by atoms with E-state index in [0.29, 0.717) is 12.8 Å². The highest BCUT2D eigenvalue weighted by Gasteiger charge is 2.24. The molecule has 0 radical (unpaired) electrons. The molecule has 0 unspecified atom stereocenters. The molecule has 1 atom stereocenters. The van der Waals surface area contributed by atoms with Crippen molar-refractivity contribution in [3.05, 3.63) is 35.9 Å². The van der Waals surface area contributed by atoms with Gasteiger partial charge in [-0.15, -0.1) is 0 Å². The minimum Gasteiger partial charge on any atom is -0.467 e. The molecule has 1 aromatic rings. The summed E-state index contributed by atoms with van der Waals surface area (Å²) >= 11 is 0. The van der Waals surface area contributed by atoms with Crippen LogP contribution in [0, 0.1) is 5.92 Å². The maximum atomic E-state index is 12.1. The third-order valence-electron chi connectivity index (χ3n) is 3.06. The Labute approximate surface area is 130 Å². The minimum atomic E-state index is -0.830. The van der Waals surface area contributed by atoms with Crippen LogP contribution in [0.4, 0.5) is 0 Å². The summed E-state index contributed by atoms with van der Waals surface area (Å²) in [6.45, 7) is 3.81. The number of carbonyl (C=O) groups excluding carboxylic acids is 2. The van der Waals surface area contributed by atoms with E-state index in [-0.39, 0.29) is 11.6 Å². The van der Waals surface area contributed by atoms with Crippen molar-refractivity contribution < 1.29 is 19.5 Å². The van der Waals surface area contributed by atoms with Gasteiger partial charge in [-0.25, -0.2) is 4.79 Å². The van der Waals surface area contributed by atoms with Gasteiger partial charge < -0.3 is 15.3 Å². The number of hydrogen-bond donors (Lipinski definition) is 2. The molecule has 0 bridgehead atoms. The smallest absolute Gasteiger partial charge is 0.328 e. The number of methoxy groups -OCH3 is 1. The van der Waals surface area contributed by atoms with Gasteiger partial charge in [-0.1, -0.05) is 49.3 Å². The number of benzene rings is 1. The predicted octanol–water partition coefficient (Wildman–Crippen LogP) is 1.76. The largest absolute Gasteiger partial charge is 0.467 e. The van der Waals surface area contributed by atoms with E-state index in [0.717, 1.165) is 5.56 Å². The van der Waals surface area contributed by atoms with E-state index < -0.39 is 17.9 Å². The van der Waals surface area contributed by atoms with Gasteiger partial charge in [0, 0.05) is 12.8 Å². The van der Waals surface area contributed by atoms with Crippen LogP contribution in [0.3, 0.4) is 0 Å². The van der Waals surface area contributed by atoms with E-state index in [1.165, 1.54) is 7.11 Å². The van der Waals surface area contributed by atoms with Gasteiger partial charge in [0.1, 0.15) is 11.8 Å². The average Bonchev–Trinajstić information content (AvgIpc) is 2.51. The summed E-state index contributed by atoms with van der Waals surface area (Å²) in [6.07, 6.45) is 0.626. The van der Waals surface area contributed by atoms with Gasteiger partial charge in [0.25, 0.3) is 5.91 Å².